The molecule has 3 aromatic carbocycles. The lowest BCUT2D eigenvalue weighted by atomic mass is 9.68. The van der Waals surface area contributed by atoms with Crippen molar-refractivity contribution >= 4 is 62.6 Å². The number of nitrogens with one attached hydrogen (secondary N) is 1. The Kier molecular flexibility index (Phi) is 9.66. The monoisotopic (exact) mass is 752 g/mol. The lowest BCUT2D eigenvalue weighted by Gasteiger charge is -2.40. The van der Waals surface area contributed by atoms with Gasteiger partial charge in [-0.15, -0.1) is 0 Å². The number of thioether (sulfide) groups is 1. The largest absolute Gasteiger partial charge is 0.446 e. The second-order valence-corrected chi connectivity index (χ2v) is 15.8. The molecule has 1 N–H and O–H groups in total. The third-order valence-electron chi connectivity index (χ3n) is 11.6. The first-order valence-electron chi connectivity index (χ1n) is 18.8. The molecule has 3 saturated heterocycles. The molecule has 3 aliphatic rings. The second-order valence-electron chi connectivity index (χ2n) is 14.7. The van der Waals surface area contributed by atoms with Crippen LogP contribution in [0.2, 0.25) is 0 Å². The molecule has 12 heteroatoms. The van der Waals surface area contributed by atoms with E-state index in [1.807, 2.05) is 50.2 Å². The van der Waals surface area contributed by atoms with Crippen molar-refractivity contribution in [3.63, 3.8) is 0 Å². The number of pyridine rings is 2. The van der Waals surface area contributed by atoms with Crippen molar-refractivity contribution in [2.45, 2.75) is 80.2 Å². The Morgan fingerprint density at radius 2 is 1.17 bits per heavy atom. The lowest BCUT2D eigenvalue weighted by molar-refractivity contribution is -0.123. The maximum absolute atomic E-state index is 15.4. The van der Waals surface area contributed by atoms with E-state index in [9.17, 15) is 18.0 Å². The van der Waals surface area contributed by atoms with Crippen molar-refractivity contribution in [3.05, 3.63) is 96.3 Å². The lowest BCUT2D eigenvalue weighted by Crippen LogP contribution is -2.55. The number of carbonyl (C=O) groups is 2. The van der Waals surface area contributed by atoms with Gasteiger partial charge in [0.15, 0.2) is 0 Å². The normalized spacial score (nSPS) is 20.8. The summed E-state index contributed by atoms with van der Waals surface area (Å²) in [6.07, 6.45) is 10.2. The highest BCUT2D eigenvalue weighted by molar-refractivity contribution is 8.00. The molecule has 0 radical (unpaired) electrons. The van der Waals surface area contributed by atoms with Gasteiger partial charge in [-0.05, 0) is 122 Å². The molecule has 5 heterocycles. The van der Waals surface area contributed by atoms with Crippen molar-refractivity contribution < 1.29 is 22.8 Å². The molecule has 3 aliphatic heterocycles. The zero-order valence-corrected chi connectivity index (χ0v) is 31.2. The molecule has 0 bridgehead atoms. The molecule has 2 atom stereocenters. The molecular weight excluding hydrogens is 710 g/mol. The Labute approximate surface area is 317 Å². The molecule has 3 amide bonds. The van der Waals surface area contributed by atoms with Crippen molar-refractivity contribution in [2.24, 2.45) is 0 Å². The van der Waals surface area contributed by atoms with Gasteiger partial charge in [0.2, 0.25) is 0 Å². The third-order valence-corrected chi connectivity index (χ3v) is 12.4. The van der Waals surface area contributed by atoms with E-state index in [2.05, 4.69) is 27.2 Å². The molecule has 2 aromatic heterocycles. The number of rotatable bonds is 8. The number of hydrogen-bond donors (Lipinski definition) is 1. The van der Waals surface area contributed by atoms with Gasteiger partial charge in [-0.3, -0.25) is 14.8 Å². The molecule has 54 heavy (non-hydrogen) atoms. The minimum Gasteiger partial charge on any atom is -0.371 e. The number of benzene rings is 3. The van der Waals surface area contributed by atoms with E-state index in [4.69, 9.17) is 9.97 Å². The number of halogens is 3. The highest BCUT2D eigenvalue weighted by Gasteiger charge is 2.59. The molecule has 0 saturated carbocycles. The fourth-order valence-electron chi connectivity index (χ4n) is 8.99. The number of amides is 3. The van der Waals surface area contributed by atoms with Crippen molar-refractivity contribution in [2.75, 3.05) is 40.9 Å². The van der Waals surface area contributed by atoms with Crippen LogP contribution in [0.25, 0.3) is 21.8 Å². The van der Waals surface area contributed by atoms with Gasteiger partial charge < -0.3 is 15.1 Å². The van der Waals surface area contributed by atoms with E-state index >= 15 is 4.79 Å². The summed E-state index contributed by atoms with van der Waals surface area (Å²) in [5.74, 6) is -1.61. The van der Waals surface area contributed by atoms with Gasteiger partial charge in [0.05, 0.1) is 16.7 Å². The number of urea groups is 1. The van der Waals surface area contributed by atoms with E-state index in [1.165, 1.54) is 37.1 Å². The van der Waals surface area contributed by atoms with Crippen LogP contribution < -0.4 is 20.0 Å². The van der Waals surface area contributed by atoms with Gasteiger partial charge in [-0.25, -0.2) is 9.69 Å². The summed E-state index contributed by atoms with van der Waals surface area (Å²) in [5, 5.41) is 5.12. The van der Waals surface area contributed by atoms with Gasteiger partial charge in [0.25, 0.3) is 5.91 Å². The number of nitrogens with zero attached hydrogens (tertiary/aromatic N) is 5. The number of hydrogen-bond acceptors (Lipinski definition) is 7. The standard InChI is InChI=1S/C42H43F3N6O2S/c1-27(31-19-21-46-33-11-9-13-35(37(31)33)49-23-5-3-6-24-49)41(39(52)51(40(53)48-41)29-15-17-30(18-16-29)54-42(43,44)45)28(2)32-20-22-47-34-12-10-14-36(38(32)34)50-25-7-4-8-26-50/h9-22,27-28H,3-8,23-26H2,1-2H3,(H,48,53). The molecular formula is C42H43F3N6O2S. The summed E-state index contributed by atoms with van der Waals surface area (Å²) in [4.78, 5) is 45.1. The Morgan fingerprint density at radius 1 is 0.685 bits per heavy atom. The number of alkyl halides is 3. The van der Waals surface area contributed by atoms with Crippen LogP contribution in [0.5, 0.6) is 0 Å². The average Bonchev–Trinajstić information content (AvgIpc) is 3.46. The topological polar surface area (TPSA) is 81.7 Å². The van der Waals surface area contributed by atoms with Gasteiger partial charge >= 0.3 is 11.5 Å². The molecule has 2 unspecified atom stereocenters. The first kappa shape index (κ1) is 36.2. The summed E-state index contributed by atoms with van der Waals surface area (Å²) in [7, 11) is 0. The predicted molar refractivity (Wildman–Crippen MR) is 210 cm³/mol. The number of imide groups is 1. The fraction of sp³-hybridized carbons (Fsp3) is 0.381. The summed E-state index contributed by atoms with van der Waals surface area (Å²) in [6, 6.07) is 20.9. The maximum Gasteiger partial charge on any atom is 0.446 e. The van der Waals surface area contributed by atoms with Gasteiger partial charge in [-0.2, -0.15) is 13.2 Å². The molecule has 5 aromatic rings. The highest BCUT2D eigenvalue weighted by atomic mass is 32.2. The second kappa shape index (κ2) is 14.4. The minimum absolute atomic E-state index is 0.0340. The number of fused-ring (bicyclic) bond motifs is 2. The van der Waals surface area contributed by atoms with Crippen LogP contribution in [0, 0.1) is 0 Å². The average molecular weight is 753 g/mol. The summed E-state index contributed by atoms with van der Waals surface area (Å²) in [6.45, 7) is 7.65. The number of anilines is 3. The summed E-state index contributed by atoms with van der Waals surface area (Å²) < 4.78 is 39.6. The Balaban J connectivity index is 1.31. The first-order valence-corrected chi connectivity index (χ1v) is 19.7. The van der Waals surface area contributed by atoms with Crippen LogP contribution in [-0.2, 0) is 4.79 Å². The Hall–Kier alpha value is -4.84. The van der Waals surface area contributed by atoms with Crippen LogP contribution in [-0.4, -0.2) is 59.1 Å². The fourth-order valence-corrected chi connectivity index (χ4v) is 9.53. The molecule has 0 spiro atoms. The van der Waals surface area contributed by atoms with Crippen LogP contribution in [0.1, 0.15) is 75.3 Å². The van der Waals surface area contributed by atoms with Gasteiger partial charge in [0, 0.05) is 77.5 Å². The number of carbonyl (C=O) groups excluding carboxylic acids is 2. The number of piperidine rings is 2. The molecule has 3 fully saturated rings. The summed E-state index contributed by atoms with van der Waals surface area (Å²) >= 11 is -0.238. The van der Waals surface area contributed by atoms with Crippen LogP contribution in [0.4, 0.5) is 35.0 Å². The molecule has 0 aliphatic carbocycles. The smallest absolute Gasteiger partial charge is 0.371 e. The van der Waals surface area contributed by atoms with Gasteiger partial charge in [-0.1, -0.05) is 26.0 Å². The zero-order valence-electron chi connectivity index (χ0n) is 30.4. The Bertz CT molecular complexity index is 2080. The quantitative estimate of drug-likeness (QED) is 0.125. The van der Waals surface area contributed by atoms with E-state index in [1.54, 1.807) is 12.4 Å². The zero-order chi connectivity index (χ0) is 37.6. The molecule has 8 nitrogen and oxygen atoms in total. The van der Waals surface area contributed by atoms with Crippen molar-refractivity contribution in [3.8, 4) is 0 Å². The van der Waals surface area contributed by atoms with E-state index in [0.717, 1.165) is 101 Å². The highest BCUT2D eigenvalue weighted by Crippen LogP contribution is 2.49. The van der Waals surface area contributed by atoms with Crippen molar-refractivity contribution in [1.29, 1.82) is 0 Å². The number of aromatic nitrogens is 2. The van der Waals surface area contributed by atoms with E-state index in [-0.39, 0.29) is 22.3 Å². The maximum atomic E-state index is 15.4. The van der Waals surface area contributed by atoms with E-state index in [0.29, 0.717) is 0 Å². The van der Waals surface area contributed by atoms with Crippen LogP contribution in [0.15, 0.2) is 90.1 Å². The minimum atomic E-state index is -4.47. The third kappa shape index (κ3) is 6.41. The van der Waals surface area contributed by atoms with E-state index < -0.39 is 34.8 Å². The predicted octanol–water partition coefficient (Wildman–Crippen LogP) is 9.78. The molecule has 280 valence electrons. The van der Waals surface area contributed by atoms with Crippen molar-refractivity contribution in [1.82, 2.24) is 15.3 Å². The first-order chi connectivity index (χ1) is 26.1. The molecule has 8 rings (SSSR count). The van der Waals surface area contributed by atoms with Crippen LogP contribution >= 0.6 is 11.8 Å². The van der Waals surface area contributed by atoms with Gasteiger partial charge in [0.1, 0.15) is 5.54 Å². The Morgan fingerprint density at radius 3 is 1.63 bits per heavy atom. The van der Waals surface area contributed by atoms with Crippen LogP contribution in [0.3, 0.4) is 0 Å². The SMILES string of the molecule is CC(c1ccnc2cccc(N3CCCCC3)c12)C1(C(C)c2ccnc3cccc(N4CCCCC4)c23)NC(=O)N(c2ccc(SC(F)(F)F)cc2)C1=O. The summed E-state index contributed by atoms with van der Waals surface area (Å²) in [5.41, 5.74) is -0.294.